The Bertz CT molecular complexity index is 1380. The van der Waals surface area contributed by atoms with Gasteiger partial charge < -0.3 is 20.9 Å². The fraction of sp³-hybridized carbons (Fsp3) is 0.167. The van der Waals surface area contributed by atoms with E-state index in [-0.39, 0.29) is 17.6 Å². The number of carbonyl (C=O) groups excluding carboxylic acids is 2. The van der Waals surface area contributed by atoms with E-state index in [1.54, 1.807) is 48.7 Å². The lowest BCUT2D eigenvalue weighted by Crippen LogP contribution is -2.20. The summed E-state index contributed by atoms with van der Waals surface area (Å²) in [6.45, 7) is 5.85. The molecule has 4 aromatic rings. The van der Waals surface area contributed by atoms with Gasteiger partial charge in [0, 0.05) is 34.2 Å². The second kappa shape index (κ2) is 8.91. The average Bonchev–Trinajstić information content (AvgIpc) is 3.17. The van der Waals surface area contributed by atoms with Crippen LogP contribution in [-0.4, -0.2) is 26.3 Å². The van der Waals surface area contributed by atoms with Crippen LogP contribution in [-0.2, 0) is 0 Å². The number of aromatic nitrogens is 3. The second-order valence-corrected chi connectivity index (χ2v) is 8.39. The first kappa shape index (κ1) is 22.3. The molecule has 2 aromatic carbocycles. The summed E-state index contributed by atoms with van der Waals surface area (Å²) >= 11 is 5.97. The first-order chi connectivity index (χ1) is 15.7. The molecule has 0 unspecified atom stereocenters. The zero-order valence-corrected chi connectivity index (χ0v) is 19.1. The fourth-order valence-corrected chi connectivity index (χ4v) is 3.85. The number of nitrogens with two attached hydrogens (primary N) is 1. The Labute approximate surface area is 195 Å². The van der Waals surface area contributed by atoms with Crippen LogP contribution in [0, 0.1) is 6.92 Å². The van der Waals surface area contributed by atoms with E-state index in [9.17, 15) is 9.59 Å². The Morgan fingerprint density at radius 1 is 1.09 bits per heavy atom. The maximum Gasteiger partial charge on any atom is 0.323 e. The third kappa shape index (κ3) is 4.51. The van der Waals surface area contributed by atoms with Crippen molar-refractivity contribution in [1.82, 2.24) is 14.5 Å². The van der Waals surface area contributed by atoms with Crippen LogP contribution < -0.4 is 16.4 Å². The van der Waals surface area contributed by atoms with Crippen molar-refractivity contribution in [1.29, 1.82) is 0 Å². The van der Waals surface area contributed by atoms with E-state index >= 15 is 0 Å². The van der Waals surface area contributed by atoms with Crippen LogP contribution in [0.2, 0.25) is 5.02 Å². The number of amides is 2. The molecule has 0 aliphatic rings. The van der Waals surface area contributed by atoms with Gasteiger partial charge in [-0.2, -0.15) is 0 Å². The number of hydrogen-bond acceptors (Lipinski definition) is 5. The predicted octanol–water partition coefficient (Wildman–Crippen LogP) is 5.43. The van der Waals surface area contributed by atoms with Crippen molar-refractivity contribution >= 4 is 51.6 Å². The number of fused-ring (bicyclic) bond motifs is 1. The maximum absolute atomic E-state index is 13.4. The quantitative estimate of drug-likeness (QED) is 0.342. The number of carbonyl (C=O) groups is 2. The molecule has 4 rings (SSSR count). The molecule has 2 aromatic heterocycles. The Hall–Kier alpha value is -3.91. The number of nitrogens with one attached hydrogen (secondary N) is 2. The summed E-state index contributed by atoms with van der Waals surface area (Å²) in [6.07, 6.45) is 3.13. The number of aryl methyl sites for hydroxylation is 1. The van der Waals surface area contributed by atoms with Crippen LogP contribution in [0.15, 0.2) is 55.0 Å². The van der Waals surface area contributed by atoms with Gasteiger partial charge in [-0.15, -0.1) is 0 Å². The minimum absolute atomic E-state index is 0.0800. The average molecular weight is 463 g/mol. The normalized spacial score (nSPS) is 11.1. The number of nitrogens with zero attached hydrogens (tertiary/aromatic N) is 3. The molecule has 2 heterocycles. The standard InChI is InChI=1S/C24H23ClN6O2/c1-13(2)31-11-18(20-22(26)27-12-28-23(20)31)21(32)15-5-4-6-17(10-15)29-24(33)30-19-8-7-16(25)9-14(19)3/h4-13H,1-3H3,(H2,26,27,28)(H2,29,30,33). The van der Waals surface area contributed by atoms with Crippen LogP contribution in [0.1, 0.15) is 41.4 Å². The molecule has 0 saturated heterocycles. The number of ketones is 1. The van der Waals surface area contributed by atoms with Crippen molar-refractivity contribution in [3.63, 3.8) is 0 Å². The van der Waals surface area contributed by atoms with Crippen molar-refractivity contribution in [2.75, 3.05) is 16.4 Å². The zero-order chi connectivity index (χ0) is 23.7. The summed E-state index contributed by atoms with van der Waals surface area (Å²) < 4.78 is 1.89. The summed E-state index contributed by atoms with van der Waals surface area (Å²) in [5.41, 5.74) is 9.46. The second-order valence-electron chi connectivity index (χ2n) is 7.95. The molecule has 0 fully saturated rings. The molecule has 4 N–H and O–H groups in total. The number of urea groups is 1. The largest absolute Gasteiger partial charge is 0.383 e. The highest BCUT2D eigenvalue weighted by molar-refractivity contribution is 6.30. The topological polar surface area (TPSA) is 115 Å². The summed E-state index contributed by atoms with van der Waals surface area (Å²) in [5, 5.41) is 6.66. The number of hydrogen-bond donors (Lipinski definition) is 3. The summed E-state index contributed by atoms with van der Waals surface area (Å²) in [6, 6.07) is 11.6. The van der Waals surface area contributed by atoms with Gasteiger partial charge in [-0.1, -0.05) is 23.7 Å². The molecule has 0 aliphatic heterocycles. The Morgan fingerprint density at radius 2 is 1.88 bits per heavy atom. The van der Waals surface area contributed by atoms with E-state index < -0.39 is 6.03 Å². The highest BCUT2D eigenvalue weighted by atomic mass is 35.5. The molecule has 0 spiro atoms. The SMILES string of the molecule is Cc1cc(Cl)ccc1NC(=O)Nc1cccc(C(=O)c2cn(C(C)C)c3ncnc(N)c23)c1. The van der Waals surface area contributed by atoms with Gasteiger partial charge in [-0.3, -0.25) is 4.79 Å². The number of halogens is 1. The zero-order valence-electron chi connectivity index (χ0n) is 18.4. The van der Waals surface area contributed by atoms with Gasteiger partial charge in [0.25, 0.3) is 0 Å². The minimum atomic E-state index is -0.431. The van der Waals surface area contributed by atoms with E-state index in [1.807, 2.05) is 25.3 Å². The number of rotatable bonds is 5. The number of benzene rings is 2. The third-order valence-electron chi connectivity index (χ3n) is 5.26. The van der Waals surface area contributed by atoms with Crippen molar-refractivity contribution < 1.29 is 9.59 Å². The minimum Gasteiger partial charge on any atom is -0.383 e. The lowest BCUT2D eigenvalue weighted by molar-refractivity contribution is 0.104. The lowest BCUT2D eigenvalue weighted by Gasteiger charge is -2.11. The molecule has 0 saturated carbocycles. The number of nitrogen functional groups attached to an aromatic ring is 1. The summed E-state index contributed by atoms with van der Waals surface area (Å²) in [4.78, 5) is 34.2. The molecule has 0 atom stereocenters. The first-order valence-corrected chi connectivity index (χ1v) is 10.7. The molecule has 168 valence electrons. The van der Waals surface area contributed by atoms with E-state index in [0.29, 0.717) is 38.6 Å². The van der Waals surface area contributed by atoms with E-state index in [1.165, 1.54) is 6.33 Å². The Kier molecular flexibility index (Phi) is 6.02. The van der Waals surface area contributed by atoms with E-state index in [4.69, 9.17) is 17.3 Å². The van der Waals surface area contributed by atoms with Gasteiger partial charge in [0.1, 0.15) is 17.8 Å². The Balaban J connectivity index is 1.60. The van der Waals surface area contributed by atoms with Crippen LogP contribution in [0.3, 0.4) is 0 Å². The Morgan fingerprint density at radius 3 is 2.61 bits per heavy atom. The smallest absolute Gasteiger partial charge is 0.323 e. The monoisotopic (exact) mass is 462 g/mol. The molecular formula is C24H23ClN6O2. The highest BCUT2D eigenvalue weighted by Crippen LogP contribution is 2.29. The molecule has 0 bridgehead atoms. The molecule has 0 radical (unpaired) electrons. The van der Waals surface area contributed by atoms with Crippen LogP contribution in [0.5, 0.6) is 0 Å². The van der Waals surface area contributed by atoms with Gasteiger partial charge in [-0.25, -0.2) is 14.8 Å². The molecule has 8 nitrogen and oxygen atoms in total. The first-order valence-electron chi connectivity index (χ1n) is 10.3. The number of anilines is 3. The lowest BCUT2D eigenvalue weighted by atomic mass is 10.0. The van der Waals surface area contributed by atoms with E-state index in [2.05, 4.69) is 20.6 Å². The van der Waals surface area contributed by atoms with Gasteiger partial charge in [0.15, 0.2) is 5.78 Å². The van der Waals surface area contributed by atoms with Crippen molar-refractivity contribution in [3.05, 3.63) is 76.7 Å². The predicted molar refractivity (Wildman–Crippen MR) is 131 cm³/mol. The fourth-order valence-electron chi connectivity index (χ4n) is 3.62. The molecule has 9 heteroatoms. The maximum atomic E-state index is 13.4. The van der Waals surface area contributed by atoms with Crippen LogP contribution in [0.4, 0.5) is 22.0 Å². The van der Waals surface area contributed by atoms with Crippen LogP contribution in [0.25, 0.3) is 11.0 Å². The summed E-state index contributed by atoms with van der Waals surface area (Å²) in [7, 11) is 0. The molecule has 33 heavy (non-hydrogen) atoms. The van der Waals surface area contributed by atoms with E-state index in [0.717, 1.165) is 5.56 Å². The molecular weight excluding hydrogens is 440 g/mol. The van der Waals surface area contributed by atoms with Crippen molar-refractivity contribution in [2.24, 2.45) is 0 Å². The highest BCUT2D eigenvalue weighted by Gasteiger charge is 2.21. The van der Waals surface area contributed by atoms with Gasteiger partial charge >= 0.3 is 6.03 Å². The van der Waals surface area contributed by atoms with Crippen molar-refractivity contribution in [2.45, 2.75) is 26.8 Å². The molecule has 2 amide bonds. The van der Waals surface area contributed by atoms with Gasteiger partial charge in [0.05, 0.1) is 10.9 Å². The van der Waals surface area contributed by atoms with Gasteiger partial charge in [-0.05, 0) is 56.7 Å². The summed E-state index contributed by atoms with van der Waals surface area (Å²) in [5.74, 6) is 0.00763. The van der Waals surface area contributed by atoms with Crippen molar-refractivity contribution in [3.8, 4) is 0 Å². The van der Waals surface area contributed by atoms with Crippen LogP contribution >= 0.6 is 11.6 Å². The third-order valence-corrected chi connectivity index (χ3v) is 5.49. The molecule has 0 aliphatic carbocycles. The van der Waals surface area contributed by atoms with Gasteiger partial charge in [0.2, 0.25) is 0 Å².